The monoisotopic (exact) mass is 236 g/mol. The predicted octanol–water partition coefficient (Wildman–Crippen LogP) is 1.00. The number of oxime groups is 1. The first-order valence-electron chi connectivity index (χ1n) is 5.32. The maximum absolute atomic E-state index is 11.4. The lowest BCUT2D eigenvalue weighted by atomic mass is 9.73. The van der Waals surface area contributed by atoms with Crippen LogP contribution in [-0.4, -0.2) is 43.5 Å². The molecule has 92 valence electrons. The van der Waals surface area contributed by atoms with Gasteiger partial charge in [0.05, 0.1) is 12.3 Å². The average molecular weight is 236 g/mol. The van der Waals surface area contributed by atoms with Gasteiger partial charge in [0, 0.05) is 7.05 Å². The second kappa shape index (κ2) is 8.32. The fourth-order valence-corrected chi connectivity index (χ4v) is 0.970. The first-order valence-corrected chi connectivity index (χ1v) is 5.32. The third-order valence-corrected chi connectivity index (χ3v) is 1.98. The smallest absolute Gasteiger partial charge is 0.362 e. The number of rotatable bonds is 6. The van der Waals surface area contributed by atoms with Gasteiger partial charge in [-0.25, -0.2) is 4.79 Å². The van der Waals surface area contributed by atoms with Gasteiger partial charge >= 0.3 is 5.97 Å². The summed E-state index contributed by atoms with van der Waals surface area (Å²) in [4.78, 5) is 15.3. The van der Waals surface area contributed by atoms with Crippen LogP contribution < -0.4 is 0 Å². The zero-order chi connectivity index (χ0) is 13.3. The molecule has 0 aromatic heterocycles. The summed E-state index contributed by atoms with van der Waals surface area (Å²) in [7, 11) is 2.29. The zero-order valence-electron chi connectivity index (χ0n) is 10.4. The molecular weight excluding hydrogens is 219 g/mol. The second-order valence-electron chi connectivity index (χ2n) is 3.12. The Labute approximate surface area is 102 Å². The standard InChI is InChI=1S/C11H17BN2O3/c1-5-17-11(15)10(14-16)9(13-4)7-6-8(2)12-3/h6-7,12,16H,2,5H2,1,3-4H3/b7-6-,13-9+,14-10-. The maximum Gasteiger partial charge on any atom is 0.362 e. The summed E-state index contributed by atoms with van der Waals surface area (Å²) in [5.41, 5.74) is 0.919. The van der Waals surface area contributed by atoms with E-state index in [-0.39, 0.29) is 18.0 Å². The first kappa shape index (κ1) is 15.2. The van der Waals surface area contributed by atoms with Gasteiger partial charge < -0.3 is 9.94 Å². The highest BCUT2D eigenvalue weighted by Crippen LogP contribution is 1.96. The molecule has 0 amide bonds. The molecule has 0 radical (unpaired) electrons. The van der Waals surface area contributed by atoms with Crippen LogP contribution in [0, 0.1) is 0 Å². The fourth-order valence-electron chi connectivity index (χ4n) is 0.970. The Balaban J connectivity index is 4.93. The average Bonchev–Trinajstić information content (AvgIpc) is 2.33. The number of carbonyl (C=O) groups excluding carboxylic acids is 1. The molecule has 0 heterocycles. The lowest BCUT2D eigenvalue weighted by Crippen LogP contribution is -2.25. The van der Waals surface area contributed by atoms with Crippen molar-refractivity contribution in [3.63, 3.8) is 0 Å². The van der Waals surface area contributed by atoms with E-state index in [1.807, 2.05) is 6.82 Å². The summed E-state index contributed by atoms with van der Waals surface area (Å²) in [5, 5.41) is 11.7. The Bertz CT molecular complexity index is 373. The molecule has 0 atom stereocenters. The summed E-state index contributed by atoms with van der Waals surface area (Å²) in [6.07, 6.45) is 3.28. The lowest BCUT2D eigenvalue weighted by molar-refractivity contribution is -0.134. The van der Waals surface area contributed by atoms with Gasteiger partial charge in [-0.1, -0.05) is 23.5 Å². The van der Waals surface area contributed by atoms with Crippen molar-refractivity contribution in [2.24, 2.45) is 10.1 Å². The molecule has 0 rings (SSSR count). The summed E-state index contributed by atoms with van der Waals surface area (Å²) in [5.74, 6) is -0.706. The molecule has 17 heavy (non-hydrogen) atoms. The van der Waals surface area contributed by atoms with Crippen molar-refractivity contribution in [2.75, 3.05) is 13.7 Å². The minimum Gasteiger partial charge on any atom is -0.461 e. The van der Waals surface area contributed by atoms with Crippen molar-refractivity contribution in [1.82, 2.24) is 0 Å². The summed E-state index contributed by atoms with van der Waals surface area (Å²) in [6, 6.07) is 0. The number of carbonyl (C=O) groups is 1. The quantitative estimate of drug-likeness (QED) is 0.187. The molecule has 0 aromatic carbocycles. The van der Waals surface area contributed by atoms with Crippen molar-refractivity contribution in [2.45, 2.75) is 13.7 Å². The highest BCUT2D eigenvalue weighted by atomic mass is 16.5. The van der Waals surface area contributed by atoms with Gasteiger partial charge in [0.2, 0.25) is 5.71 Å². The van der Waals surface area contributed by atoms with E-state index in [2.05, 4.69) is 16.7 Å². The Kier molecular flexibility index (Phi) is 7.42. The van der Waals surface area contributed by atoms with Crippen LogP contribution in [0.15, 0.2) is 34.4 Å². The van der Waals surface area contributed by atoms with Crippen molar-refractivity contribution in [1.29, 1.82) is 0 Å². The van der Waals surface area contributed by atoms with E-state index in [0.717, 1.165) is 12.8 Å². The number of nitrogens with zero attached hydrogens (tertiary/aromatic N) is 2. The van der Waals surface area contributed by atoms with Crippen molar-refractivity contribution in [3.8, 4) is 0 Å². The molecule has 0 fully saturated rings. The van der Waals surface area contributed by atoms with E-state index < -0.39 is 5.97 Å². The van der Waals surface area contributed by atoms with Crippen LogP contribution in [-0.2, 0) is 9.53 Å². The first-order chi connectivity index (χ1) is 8.10. The summed E-state index contributed by atoms with van der Waals surface area (Å²) in [6.45, 7) is 7.63. The van der Waals surface area contributed by atoms with E-state index in [9.17, 15) is 4.79 Å². The van der Waals surface area contributed by atoms with Gasteiger partial charge in [-0.05, 0) is 13.0 Å². The van der Waals surface area contributed by atoms with Crippen molar-refractivity contribution >= 4 is 24.7 Å². The van der Waals surface area contributed by atoms with Crippen LogP contribution in [0.1, 0.15) is 6.92 Å². The minimum absolute atomic E-state index is 0.209. The Hall–Kier alpha value is -1.85. The Morgan fingerprint density at radius 3 is 2.59 bits per heavy atom. The fraction of sp³-hybridized carbons (Fsp3) is 0.364. The number of aliphatic imine (C=N–C) groups is 1. The minimum atomic E-state index is -0.706. The molecule has 0 aliphatic rings. The molecule has 5 nitrogen and oxygen atoms in total. The highest BCUT2D eigenvalue weighted by Gasteiger charge is 2.17. The van der Waals surface area contributed by atoms with Gasteiger partial charge in [-0.15, -0.1) is 6.58 Å². The SMILES string of the molecule is C=C(BC)\C=C/C(=N\C)C(=N/O)/C(=O)OCC. The highest BCUT2D eigenvalue weighted by molar-refractivity contribution is 6.68. The van der Waals surface area contributed by atoms with Gasteiger partial charge in [0.15, 0.2) is 7.28 Å². The second-order valence-corrected chi connectivity index (χ2v) is 3.12. The van der Waals surface area contributed by atoms with Crippen LogP contribution in [0.2, 0.25) is 6.82 Å². The van der Waals surface area contributed by atoms with Crippen molar-refractivity contribution in [3.05, 3.63) is 24.2 Å². The molecule has 0 unspecified atom stereocenters. The lowest BCUT2D eigenvalue weighted by Gasteiger charge is -2.03. The molecule has 0 saturated heterocycles. The van der Waals surface area contributed by atoms with Crippen LogP contribution in [0.4, 0.5) is 0 Å². The zero-order valence-corrected chi connectivity index (χ0v) is 10.4. The van der Waals surface area contributed by atoms with Gasteiger partial charge in [0.25, 0.3) is 0 Å². The molecule has 0 saturated carbocycles. The number of hydrogen-bond donors (Lipinski definition) is 1. The van der Waals surface area contributed by atoms with Crippen molar-refractivity contribution < 1.29 is 14.7 Å². The Morgan fingerprint density at radius 1 is 1.53 bits per heavy atom. The van der Waals surface area contributed by atoms with E-state index in [1.165, 1.54) is 7.05 Å². The number of hydrogen-bond acceptors (Lipinski definition) is 5. The summed E-state index contributed by atoms with van der Waals surface area (Å²) < 4.78 is 4.74. The molecule has 0 aliphatic carbocycles. The number of esters is 1. The van der Waals surface area contributed by atoms with Crippen LogP contribution in [0.25, 0.3) is 0 Å². The Morgan fingerprint density at radius 2 is 2.18 bits per heavy atom. The van der Waals surface area contributed by atoms with E-state index >= 15 is 0 Å². The molecular formula is C11H17BN2O3. The molecule has 6 heteroatoms. The van der Waals surface area contributed by atoms with E-state index in [1.54, 1.807) is 19.1 Å². The molecule has 0 aromatic rings. The van der Waals surface area contributed by atoms with Crippen LogP contribution in [0.5, 0.6) is 0 Å². The topological polar surface area (TPSA) is 71.2 Å². The van der Waals surface area contributed by atoms with Crippen LogP contribution >= 0.6 is 0 Å². The summed E-state index contributed by atoms with van der Waals surface area (Å²) >= 11 is 0. The molecule has 0 spiro atoms. The number of allylic oxidation sites excluding steroid dienone is 3. The molecule has 1 N–H and O–H groups in total. The third-order valence-electron chi connectivity index (χ3n) is 1.98. The van der Waals surface area contributed by atoms with E-state index in [4.69, 9.17) is 9.94 Å². The maximum atomic E-state index is 11.4. The predicted molar refractivity (Wildman–Crippen MR) is 70.5 cm³/mol. The molecule has 0 bridgehead atoms. The van der Waals surface area contributed by atoms with Gasteiger partial charge in [-0.3, -0.25) is 4.99 Å². The molecule has 0 aliphatic heterocycles. The van der Waals surface area contributed by atoms with Gasteiger partial charge in [-0.2, -0.15) is 0 Å². The largest absolute Gasteiger partial charge is 0.461 e. The normalized spacial score (nSPS) is 12.6. The number of ether oxygens (including phenoxy) is 1. The van der Waals surface area contributed by atoms with Crippen LogP contribution in [0.3, 0.4) is 0 Å². The third kappa shape index (κ3) is 5.15. The van der Waals surface area contributed by atoms with E-state index in [0.29, 0.717) is 0 Å². The van der Waals surface area contributed by atoms with Gasteiger partial charge in [0.1, 0.15) is 0 Å².